The summed E-state index contributed by atoms with van der Waals surface area (Å²) < 4.78 is 0. The van der Waals surface area contributed by atoms with Gasteiger partial charge in [-0.1, -0.05) is 46.5 Å². The molecule has 1 rings (SSSR count). The van der Waals surface area contributed by atoms with Crippen LogP contribution in [0, 0.1) is 12.3 Å². The summed E-state index contributed by atoms with van der Waals surface area (Å²) in [5, 5.41) is 7.07. The van der Waals surface area contributed by atoms with Crippen molar-refractivity contribution >= 4 is 0 Å². The molecule has 0 unspecified atom stereocenters. The first-order valence-electron chi connectivity index (χ1n) is 6.68. The number of hydrogen-bond donors (Lipinski definition) is 1. The number of nitrogens with zero attached hydrogens (tertiary/aromatic N) is 1. The van der Waals surface area contributed by atoms with Crippen LogP contribution >= 0.6 is 0 Å². The maximum absolute atomic E-state index is 5.52. The summed E-state index contributed by atoms with van der Waals surface area (Å²) >= 11 is 0. The van der Waals surface area contributed by atoms with Crippen LogP contribution in [-0.2, 0) is 5.41 Å². The SMILES string of the molecule is C#Cc1n[nH]cc1C(C)(CCCC)CCCC. The number of aromatic amines is 1. The first kappa shape index (κ1) is 13.8. The highest BCUT2D eigenvalue weighted by atomic mass is 15.1. The molecule has 0 radical (unpaired) electrons. The summed E-state index contributed by atoms with van der Waals surface area (Å²) in [6.07, 6.45) is 14.8. The summed E-state index contributed by atoms with van der Waals surface area (Å²) in [4.78, 5) is 0. The molecule has 0 aromatic carbocycles. The number of unbranched alkanes of at least 4 members (excludes halogenated alkanes) is 2. The van der Waals surface area contributed by atoms with Crippen molar-refractivity contribution in [3.63, 3.8) is 0 Å². The molecule has 0 saturated heterocycles. The summed E-state index contributed by atoms with van der Waals surface area (Å²) in [6, 6.07) is 0. The Morgan fingerprint density at radius 2 is 1.88 bits per heavy atom. The molecule has 17 heavy (non-hydrogen) atoms. The molecule has 1 aromatic rings. The molecule has 0 aliphatic carbocycles. The predicted octanol–water partition coefficient (Wildman–Crippen LogP) is 4.03. The Kier molecular flexibility index (Phi) is 5.28. The number of terminal acetylenes is 1. The second-order valence-corrected chi connectivity index (χ2v) is 5.06. The van der Waals surface area contributed by atoms with Gasteiger partial charge in [0.1, 0.15) is 5.69 Å². The van der Waals surface area contributed by atoms with Gasteiger partial charge in [0.15, 0.2) is 0 Å². The van der Waals surface area contributed by atoms with E-state index in [0.29, 0.717) is 0 Å². The number of nitrogens with one attached hydrogen (secondary N) is 1. The van der Waals surface area contributed by atoms with Gasteiger partial charge in [-0.3, -0.25) is 5.10 Å². The lowest BCUT2D eigenvalue weighted by molar-refractivity contribution is 0.374. The Bertz CT molecular complexity index is 363. The van der Waals surface area contributed by atoms with E-state index >= 15 is 0 Å². The number of aromatic nitrogens is 2. The van der Waals surface area contributed by atoms with Crippen LogP contribution in [0.15, 0.2) is 6.20 Å². The molecule has 0 amide bonds. The standard InChI is InChI=1S/C15H24N2/c1-5-8-10-15(4,11-9-6-2)13-12-16-17-14(13)7-3/h3,12H,5-6,8-11H2,1-2,4H3,(H,16,17). The number of H-pyrrole nitrogens is 1. The zero-order chi connectivity index (χ0) is 12.7. The molecular formula is C15H24N2. The van der Waals surface area contributed by atoms with Crippen molar-refractivity contribution in [3.8, 4) is 12.3 Å². The van der Waals surface area contributed by atoms with Crippen LogP contribution in [0.1, 0.15) is 70.6 Å². The fraction of sp³-hybridized carbons (Fsp3) is 0.667. The van der Waals surface area contributed by atoms with Gasteiger partial charge in [0.25, 0.3) is 0 Å². The van der Waals surface area contributed by atoms with Gasteiger partial charge >= 0.3 is 0 Å². The van der Waals surface area contributed by atoms with Crippen molar-refractivity contribution in [2.75, 3.05) is 0 Å². The monoisotopic (exact) mass is 232 g/mol. The molecule has 0 bridgehead atoms. The largest absolute Gasteiger partial charge is 0.284 e. The lowest BCUT2D eigenvalue weighted by Crippen LogP contribution is -2.22. The van der Waals surface area contributed by atoms with Gasteiger partial charge in [-0.05, 0) is 24.2 Å². The molecule has 2 heteroatoms. The van der Waals surface area contributed by atoms with E-state index in [1.807, 2.05) is 6.20 Å². The van der Waals surface area contributed by atoms with Gasteiger partial charge in [-0.15, -0.1) is 6.42 Å². The van der Waals surface area contributed by atoms with Crippen molar-refractivity contribution in [1.29, 1.82) is 0 Å². The summed E-state index contributed by atoms with van der Waals surface area (Å²) in [7, 11) is 0. The molecule has 0 spiro atoms. The molecule has 0 aliphatic rings. The Morgan fingerprint density at radius 3 is 2.35 bits per heavy atom. The molecular weight excluding hydrogens is 208 g/mol. The smallest absolute Gasteiger partial charge is 0.138 e. The van der Waals surface area contributed by atoms with Crippen LogP contribution in [0.5, 0.6) is 0 Å². The Labute approximate surface area is 105 Å². The van der Waals surface area contributed by atoms with Gasteiger partial charge in [0.05, 0.1) is 0 Å². The second-order valence-electron chi connectivity index (χ2n) is 5.06. The van der Waals surface area contributed by atoms with E-state index < -0.39 is 0 Å². The van der Waals surface area contributed by atoms with E-state index in [9.17, 15) is 0 Å². The molecule has 2 nitrogen and oxygen atoms in total. The molecule has 0 atom stereocenters. The lowest BCUT2D eigenvalue weighted by Gasteiger charge is -2.29. The van der Waals surface area contributed by atoms with Crippen LogP contribution in [-0.4, -0.2) is 10.2 Å². The first-order chi connectivity index (χ1) is 8.18. The number of rotatable bonds is 7. The lowest BCUT2D eigenvalue weighted by atomic mass is 9.74. The van der Waals surface area contributed by atoms with Gasteiger partial charge in [0.2, 0.25) is 0 Å². The Balaban J connectivity index is 2.92. The molecule has 94 valence electrons. The average molecular weight is 232 g/mol. The minimum Gasteiger partial charge on any atom is -0.284 e. The third-order valence-corrected chi connectivity index (χ3v) is 3.59. The zero-order valence-corrected chi connectivity index (χ0v) is 11.3. The normalized spacial score (nSPS) is 11.4. The third-order valence-electron chi connectivity index (χ3n) is 3.59. The fourth-order valence-corrected chi connectivity index (χ4v) is 2.39. The molecule has 1 heterocycles. The van der Waals surface area contributed by atoms with Crippen LogP contribution < -0.4 is 0 Å². The quantitative estimate of drug-likeness (QED) is 0.706. The highest BCUT2D eigenvalue weighted by Gasteiger charge is 2.28. The molecule has 0 fully saturated rings. The minimum absolute atomic E-state index is 0.181. The fourth-order valence-electron chi connectivity index (χ4n) is 2.39. The van der Waals surface area contributed by atoms with Crippen molar-refractivity contribution in [1.82, 2.24) is 10.2 Å². The van der Waals surface area contributed by atoms with Crippen LogP contribution in [0.2, 0.25) is 0 Å². The van der Waals surface area contributed by atoms with Crippen molar-refractivity contribution in [2.24, 2.45) is 0 Å². The minimum atomic E-state index is 0.181. The van der Waals surface area contributed by atoms with Gasteiger partial charge in [-0.2, -0.15) is 5.10 Å². The van der Waals surface area contributed by atoms with E-state index in [1.54, 1.807) is 0 Å². The highest BCUT2D eigenvalue weighted by molar-refractivity contribution is 5.37. The van der Waals surface area contributed by atoms with Crippen molar-refractivity contribution < 1.29 is 0 Å². The topological polar surface area (TPSA) is 28.7 Å². The van der Waals surface area contributed by atoms with Crippen molar-refractivity contribution in [2.45, 2.75) is 64.7 Å². The number of hydrogen-bond acceptors (Lipinski definition) is 1. The third kappa shape index (κ3) is 3.36. The summed E-state index contributed by atoms with van der Waals surface area (Å²) in [6.45, 7) is 6.79. The molecule has 0 aliphatic heterocycles. The van der Waals surface area contributed by atoms with Crippen LogP contribution in [0.4, 0.5) is 0 Å². The Morgan fingerprint density at radius 1 is 1.29 bits per heavy atom. The van der Waals surface area contributed by atoms with Crippen LogP contribution in [0.3, 0.4) is 0 Å². The summed E-state index contributed by atoms with van der Waals surface area (Å²) in [5.41, 5.74) is 2.20. The second kappa shape index (κ2) is 6.49. The Hall–Kier alpha value is -1.23. The summed E-state index contributed by atoms with van der Waals surface area (Å²) in [5.74, 6) is 2.69. The maximum Gasteiger partial charge on any atom is 0.138 e. The van der Waals surface area contributed by atoms with E-state index in [1.165, 1.54) is 44.1 Å². The van der Waals surface area contributed by atoms with Crippen molar-refractivity contribution in [3.05, 3.63) is 17.5 Å². The van der Waals surface area contributed by atoms with E-state index in [2.05, 4.69) is 36.9 Å². The molecule has 0 saturated carbocycles. The van der Waals surface area contributed by atoms with Gasteiger partial charge in [0, 0.05) is 11.8 Å². The van der Waals surface area contributed by atoms with E-state index in [-0.39, 0.29) is 5.41 Å². The molecule has 1 aromatic heterocycles. The first-order valence-corrected chi connectivity index (χ1v) is 6.68. The zero-order valence-electron chi connectivity index (χ0n) is 11.3. The predicted molar refractivity (Wildman–Crippen MR) is 72.9 cm³/mol. The maximum atomic E-state index is 5.52. The van der Waals surface area contributed by atoms with Gasteiger partial charge in [-0.25, -0.2) is 0 Å². The average Bonchev–Trinajstić information content (AvgIpc) is 2.82. The van der Waals surface area contributed by atoms with E-state index in [4.69, 9.17) is 6.42 Å². The van der Waals surface area contributed by atoms with E-state index in [0.717, 1.165) is 5.69 Å². The van der Waals surface area contributed by atoms with Gasteiger partial charge < -0.3 is 0 Å². The van der Waals surface area contributed by atoms with Crippen LogP contribution in [0.25, 0.3) is 0 Å². The highest BCUT2D eigenvalue weighted by Crippen LogP contribution is 2.35. The molecule has 1 N–H and O–H groups in total.